The molecule has 0 saturated carbocycles. The van der Waals surface area contributed by atoms with Crippen molar-refractivity contribution in [3.05, 3.63) is 70.7 Å². The predicted octanol–water partition coefficient (Wildman–Crippen LogP) is 5.82. The molecule has 1 saturated heterocycles. The first kappa shape index (κ1) is 35.5. The Hall–Kier alpha value is -4.31. The molecule has 1 fully saturated rings. The van der Waals surface area contributed by atoms with Gasteiger partial charge in [-0.05, 0) is 70.0 Å². The Bertz CT molecular complexity index is 1990. The lowest BCUT2D eigenvalue weighted by atomic mass is 10.1. The van der Waals surface area contributed by atoms with Crippen LogP contribution in [0.5, 0.6) is 0 Å². The molecule has 0 aliphatic carbocycles. The molecule has 1 aliphatic rings. The number of aliphatic hydroxyl groups excluding tert-OH is 1. The predicted molar refractivity (Wildman–Crippen MR) is 190 cm³/mol. The molecule has 0 atom stereocenters. The molecule has 6 aromatic heterocycles. The highest BCUT2D eigenvalue weighted by molar-refractivity contribution is 9.10. The summed E-state index contributed by atoms with van der Waals surface area (Å²) < 4.78 is 10.9. The van der Waals surface area contributed by atoms with E-state index in [4.69, 9.17) is 21.3 Å². The van der Waals surface area contributed by atoms with Crippen LogP contribution < -0.4 is 11.5 Å². The largest absolute Gasteiger partial charge is 0.400 e. The van der Waals surface area contributed by atoms with Crippen molar-refractivity contribution in [2.45, 2.75) is 39.3 Å². The van der Waals surface area contributed by atoms with E-state index in [1.807, 2.05) is 62.9 Å². The molecule has 7 heterocycles. The Labute approximate surface area is 288 Å². The molecule has 15 heteroatoms. The summed E-state index contributed by atoms with van der Waals surface area (Å²) in [6.07, 6.45) is 11.8. The molecule has 47 heavy (non-hydrogen) atoms. The van der Waals surface area contributed by atoms with Crippen LogP contribution in [0.3, 0.4) is 0 Å². The molecule has 0 radical (unpaired) electrons. The first-order valence-electron chi connectivity index (χ1n) is 14.6. The number of aromatic nitrogens is 8. The molecule has 1 aliphatic heterocycles. The standard InChI is InChI=1S/C15H14BrN5O.C14H12BrN5O.C2H6.CH4O/c1-15(2,8-22)21-7-10(11-3-4-18-14(17)20-11)9-5-13(16)19-6-12(9)21;15-13-3-9-10(11-1-2-17-14(16)19-11)5-20(8-6-21-7-8)12(9)4-18-13;2*1-2/h3-8H,1-2H3,(H2,17,18,20);1-5,8H,6-7H2,(H2,16,17,19);1-2H3;2H,1H3. The number of ether oxygens (including phenoxy) is 1. The Balaban J connectivity index is 0.000000193. The zero-order chi connectivity index (χ0) is 34.3. The number of hydrogen-bond acceptors (Lipinski definition) is 11. The highest BCUT2D eigenvalue weighted by atomic mass is 79.9. The Morgan fingerprint density at radius 3 is 1.81 bits per heavy atom. The van der Waals surface area contributed by atoms with Gasteiger partial charge in [-0.3, -0.25) is 0 Å². The third kappa shape index (κ3) is 7.64. The smallest absolute Gasteiger partial charge is 0.220 e. The number of fused-ring (bicyclic) bond motifs is 2. The second kappa shape index (κ2) is 15.5. The number of pyridine rings is 2. The van der Waals surface area contributed by atoms with E-state index in [1.54, 1.807) is 24.7 Å². The number of halogens is 2. The number of hydrogen-bond donors (Lipinski definition) is 3. The molecule has 7 rings (SSSR count). The van der Waals surface area contributed by atoms with Crippen LogP contribution >= 0.6 is 31.9 Å². The molecule has 0 aromatic carbocycles. The van der Waals surface area contributed by atoms with E-state index < -0.39 is 5.54 Å². The summed E-state index contributed by atoms with van der Waals surface area (Å²) in [5, 5.41) is 9.02. The summed E-state index contributed by atoms with van der Waals surface area (Å²) in [5.74, 6) is 0.481. The van der Waals surface area contributed by atoms with Gasteiger partial charge in [-0.2, -0.15) is 0 Å². The summed E-state index contributed by atoms with van der Waals surface area (Å²) in [4.78, 5) is 36.5. The highest BCUT2D eigenvalue weighted by Gasteiger charge is 2.25. The number of nitrogen functional groups attached to an aromatic ring is 2. The fourth-order valence-corrected chi connectivity index (χ4v) is 5.56. The van der Waals surface area contributed by atoms with Gasteiger partial charge < -0.3 is 35.2 Å². The summed E-state index contributed by atoms with van der Waals surface area (Å²) in [7, 11) is 1.00. The molecule has 0 bridgehead atoms. The van der Waals surface area contributed by atoms with Crippen molar-refractivity contribution < 1.29 is 14.6 Å². The van der Waals surface area contributed by atoms with Gasteiger partial charge in [0.15, 0.2) is 0 Å². The number of rotatable bonds is 5. The van der Waals surface area contributed by atoms with Crippen LogP contribution in [0.2, 0.25) is 0 Å². The minimum atomic E-state index is -0.690. The van der Waals surface area contributed by atoms with Gasteiger partial charge in [-0.1, -0.05) is 13.8 Å². The van der Waals surface area contributed by atoms with Crippen molar-refractivity contribution in [1.82, 2.24) is 39.0 Å². The van der Waals surface area contributed by atoms with Gasteiger partial charge in [0.05, 0.1) is 59.6 Å². The topological polar surface area (TPSA) is 186 Å². The molecular formula is C32H36Br2N10O3. The molecule has 0 amide bonds. The zero-order valence-corrected chi connectivity index (χ0v) is 29.8. The second-order valence-electron chi connectivity index (χ2n) is 10.5. The average molecular weight is 769 g/mol. The number of nitrogens with two attached hydrogens (primary N) is 2. The molecule has 13 nitrogen and oxygen atoms in total. The lowest BCUT2D eigenvalue weighted by molar-refractivity contribution is -0.113. The molecule has 0 spiro atoms. The first-order chi connectivity index (χ1) is 22.6. The molecule has 246 valence electrons. The van der Waals surface area contributed by atoms with Gasteiger partial charge in [0, 0.05) is 53.8 Å². The van der Waals surface area contributed by atoms with Gasteiger partial charge >= 0.3 is 0 Å². The Morgan fingerprint density at radius 2 is 1.34 bits per heavy atom. The van der Waals surface area contributed by atoms with E-state index in [0.717, 1.165) is 69.8 Å². The molecule has 5 N–H and O–H groups in total. The minimum Gasteiger partial charge on any atom is -0.400 e. The van der Waals surface area contributed by atoms with Crippen molar-refractivity contribution in [2.75, 3.05) is 31.8 Å². The number of carbonyl (C=O) groups is 1. The van der Waals surface area contributed by atoms with Crippen LogP contribution in [0.1, 0.15) is 33.7 Å². The van der Waals surface area contributed by atoms with E-state index in [2.05, 4.69) is 72.5 Å². The van der Waals surface area contributed by atoms with E-state index in [-0.39, 0.29) is 11.9 Å². The molecular weight excluding hydrogens is 732 g/mol. The van der Waals surface area contributed by atoms with Crippen LogP contribution in [0.15, 0.2) is 70.7 Å². The minimum absolute atomic E-state index is 0.209. The Kier molecular flexibility index (Phi) is 11.7. The second-order valence-corrected chi connectivity index (χ2v) is 12.1. The van der Waals surface area contributed by atoms with Gasteiger partial charge in [0.2, 0.25) is 11.9 Å². The highest BCUT2D eigenvalue weighted by Crippen LogP contribution is 2.35. The van der Waals surface area contributed by atoms with Crippen molar-refractivity contribution >= 4 is 71.8 Å². The Morgan fingerprint density at radius 1 is 0.851 bits per heavy atom. The normalized spacial score (nSPS) is 12.6. The van der Waals surface area contributed by atoms with Crippen LogP contribution in [0.4, 0.5) is 11.9 Å². The fraction of sp³-hybridized carbons (Fsp3) is 0.281. The van der Waals surface area contributed by atoms with E-state index in [9.17, 15) is 4.79 Å². The maximum absolute atomic E-state index is 11.4. The van der Waals surface area contributed by atoms with Gasteiger partial charge in [0.25, 0.3) is 0 Å². The maximum atomic E-state index is 11.4. The van der Waals surface area contributed by atoms with Crippen LogP contribution in [-0.2, 0) is 15.1 Å². The third-order valence-electron chi connectivity index (χ3n) is 7.17. The van der Waals surface area contributed by atoms with Gasteiger partial charge in [-0.15, -0.1) is 0 Å². The van der Waals surface area contributed by atoms with Crippen LogP contribution in [-0.4, -0.2) is 70.8 Å². The lowest BCUT2D eigenvalue weighted by Gasteiger charge is -2.28. The van der Waals surface area contributed by atoms with Crippen LogP contribution in [0, 0.1) is 0 Å². The first-order valence-corrected chi connectivity index (χ1v) is 16.2. The summed E-state index contributed by atoms with van der Waals surface area (Å²) in [6, 6.07) is 7.90. The lowest BCUT2D eigenvalue weighted by Crippen LogP contribution is -2.30. The summed E-state index contributed by atoms with van der Waals surface area (Å²) in [5.41, 5.74) is 16.0. The van der Waals surface area contributed by atoms with Gasteiger partial charge in [-0.25, -0.2) is 29.9 Å². The average Bonchev–Trinajstić information content (AvgIpc) is 3.61. The maximum Gasteiger partial charge on any atom is 0.220 e. The van der Waals surface area contributed by atoms with E-state index >= 15 is 0 Å². The number of aliphatic hydroxyl groups is 1. The monoisotopic (exact) mass is 766 g/mol. The number of anilines is 2. The quantitative estimate of drug-likeness (QED) is 0.142. The van der Waals surface area contributed by atoms with Crippen molar-refractivity contribution in [1.29, 1.82) is 0 Å². The third-order valence-corrected chi connectivity index (χ3v) is 8.03. The number of aldehydes is 1. The van der Waals surface area contributed by atoms with Crippen LogP contribution in [0.25, 0.3) is 44.3 Å². The summed E-state index contributed by atoms with van der Waals surface area (Å²) in [6.45, 7) is 9.15. The fourth-order valence-electron chi connectivity index (χ4n) is 4.90. The number of carbonyl (C=O) groups excluding carboxylic acids is 1. The van der Waals surface area contributed by atoms with E-state index in [0.29, 0.717) is 16.3 Å². The number of nitrogens with zero attached hydrogens (tertiary/aromatic N) is 8. The van der Waals surface area contributed by atoms with Gasteiger partial charge in [0.1, 0.15) is 15.5 Å². The SMILES string of the molecule is CC.CC(C)(C=O)n1cc(-c2ccnc(N)n2)c2cc(Br)ncc21.CO.Nc1nccc(-c2cn(C3COC3)c3cnc(Br)cc23)n1. The van der Waals surface area contributed by atoms with Crippen molar-refractivity contribution in [3.8, 4) is 22.5 Å². The zero-order valence-electron chi connectivity index (χ0n) is 26.6. The molecule has 0 unspecified atom stereocenters. The van der Waals surface area contributed by atoms with Crippen molar-refractivity contribution in [3.63, 3.8) is 0 Å². The van der Waals surface area contributed by atoms with E-state index in [1.165, 1.54) is 0 Å². The molecule has 6 aromatic rings. The summed E-state index contributed by atoms with van der Waals surface area (Å²) >= 11 is 6.81. The van der Waals surface area contributed by atoms with Crippen molar-refractivity contribution in [2.24, 2.45) is 0 Å².